The second-order valence-electron chi connectivity index (χ2n) is 5.23. The summed E-state index contributed by atoms with van der Waals surface area (Å²) in [5.74, 6) is 0.854. The number of nitrogens with one attached hydrogen (secondary N) is 1. The van der Waals surface area contributed by atoms with E-state index < -0.39 is 0 Å². The van der Waals surface area contributed by atoms with Crippen molar-refractivity contribution >= 4 is 0 Å². The molecule has 2 nitrogen and oxygen atoms in total. The molecular formula is C11H22N2. The molecule has 2 saturated carbocycles. The van der Waals surface area contributed by atoms with Crippen LogP contribution in [0.25, 0.3) is 0 Å². The Hall–Kier alpha value is -0.0800. The Balaban J connectivity index is 1.67. The molecule has 3 N–H and O–H groups in total. The Morgan fingerprint density at radius 3 is 2.62 bits per heavy atom. The highest BCUT2D eigenvalue weighted by Gasteiger charge is 2.32. The summed E-state index contributed by atoms with van der Waals surface area (Å²) >= 11 is 0. The maximum Gasteiger partial charge on any atom is 0.0153 e. The van der Waals surface area contributed by atoms with Crippen molar-refractivity contribution < 1.29 is 0 Å². The van der Waals surface area contributed by atoms with Gasteiger partial charge in [-0.15, -0.1) is 0 Å². The van der Waals surface area contributed by atoms with Crippen LogP contribution in [0.5, 0.6) is 0 Å². The molecule has 0 bridgehead atoms. The average molecular weight is 182 g/mol. The lowest BCUT2D eigenvalue weighted by Crippen LogP contribution is -2.49. The van der Waals surface area contributed by atoms with Gasteiger partial charge in [0.2, 0.25) is 0 Å². The van der Waals surface area contributed by atoms with Gasteiger partial charge < -0.3 is 11.1 Å². The van der Waals surface area contributed by atoms with Crippen molar-refractivity contribution in [1.82, 2.24) is 5.32 Å². The summed E-state index contributed by atoms with van der Waals surface area (Å²) in [6.45, 7) is 3.55. The molecule has 0 amide bonds. The van der Waals surface area contributed by atoms with Crippen molar-refractivity contribution in [2.75, 3.05) is 6.54 Å². The molecule has 2 fully saturated rings. The van der Waals surface area contributed by atoms with Gasteiger partial charge in [0, 0.05) is 11.6 Å². The Kier molecular flexibility index (Phi) is 2.61. The standard InChI is InChI=1S/C11H22N2/c1-11(5-2-6-11)13-8-9-3-4-10(12)7-9/h9-10,13H,2-8,12H2,1H3. The summed E-state index contributed by atoms with van der Waals surface area (Å²) in [5, 5.41) is 3.70. The first kappa shape index (κ1) is 9.47. The van der Waals surface area contributed by atoms with E-state index >= 15 is 0 Å². The number of nitrogens with two attached hydrogens (primary N) is 1. The predicted molar refractivity (Wildman–Crippen MR) is 55.6 cm³/mol. The Morgan fingerprint density at radius 2 is 2.15 bits per heavy atom. The fourth-order valence-corrected chi connectivity index (χ4v) is 2.57. The highest BCUT2D eigenvalue weighted by Crippen LogP contribution is 2.32. The number of rotatable bonds is 3. The van der Waals surface area contributed by atoms with E-state index in [-0.39, 0.29) is 0 Å². The molecule has 0 heterocycles. The van der Waals surface area contributed by atoms with Gasteiger partial charge in [0.15, 0.2) is 0 Å². The third-order valence-corrected chi connectivity index (χ3v) is 3.86. The molecule has 2 rings (SSSR count). The molecule has 0 aromatic carbocycles. The van der Waals surface area contributed by atoms with E-state index in [1.54, 1.807) is 0 Å². The summed E-state index contributed by atoms with van der Waals surface area (Å²) in [6.07, 6.45) is 7.96. The summed E-state index contributed by atoms with van der Waals surface area (Å²) in [7, 11) is 0. The first-order chi connectivity index (χ1) is 6.18. The first-order valence-electron chi connectivity index (χ1n) is 5.69. The highest BCUT2D eigenvalue weighted by molar-refractivity contribution is 4.92. The van der Waals surface area contributed by atoms with Crippen molar-refractivity contribution in [3.05, 3.63) is 0 Å². The smallest absolute Gasteiger partial charge is 0.0153 e. The second kappa shape index (κ2) is 3.58. The molecule has 2 heteroatoms. The minimum Gasteiger partial charge on any atom is -0.328 e. The molecule has 0 radical (unpaired) electrons. The van der Waals surface area contributed by atoms with Gasteiger partial charge in [0.25, 0.3) is 0 Å². The highest BCUT2D eigenvalue weighted by atomic mass is 15.0. The number of hydrogen-bond donors (Lipinski definition) is 2. The molecule has 0 spiro atoms. The van der Waals surface area contributed by atoms with Crippen LogP contribution in [0.4, 0.5) is 0 Å². The van der Waals surface area contributed by atoms with Gasteiger partial charge in [-0.3, -0.25) is 0 Å². The van der Waals surface area contributed by atoms with E-state index in [0.717, 1.165) is 5.92 Å². The summed E-state index contributed by atoms with van der Waals surface area (Å²) in [5.41, 5.74) is 6.36. The lowest BCUT2D eigenvalue weighted by Gasteiger charge is -2.40. The summed E-state index contributed by atoms with van der Waals surface area (Å²) < 4.78 is 0. The minimum atomic E-state index is 0.479. The average Bonchev–Trinajstić information content (AvgIpc) is 2.44. The zero-order valence-electron chi connectivity index (χ0n) is 8.68. The van der Waals surface area contributed by atoms with Gasteiger partial charge in [-0.1, -0.05) is 0 Å². The van der Waals surface area contributed by atoms with Crippen LogP contribution in [0.2, 0.25) is 0 Å². The normalized spacial score (nSPS) is 37.4. The van der Waals surface area contributed by atoms with E-state index in [1.807, 2.05) is 0 Å². The third kappa shape index (κ3) is 2.23. The Labute approximate surface area is 81.3 Å². The fraction of sp³-hybridized carbons (Fsp3) is 1.00. The summed E-state index contributed by atoms with van der Waals surface area (Å²) in [4.78, 5) is 0. The van der Waals surface area contributed by atoms with Gasteiger partial charge in [0.1, 0.15) is 0 Å². The third-order valence-electron chi connectivity index (χ3n) is 3.86. The molecule has 0 aromatic heterocycles. The maximum absolute atomic E-state index is 5.88. The fourth-order valence-electron chi connectivity index (χ4n) is 2.57. The molecule has 13 heavy (non-hydrogen) atoms. The van der Waals surface area contributed by atoms with Crippen molar-refractivity contribution in [3.8, 4) is 0 Å². The van der Waals surface area contributed by atoms with Crippen molar-refractivity contribution in [1.29, 1.82) is 0 Å². The van der Waals surface area contributed by atoms with Crippen LogP contribution >= 0.6 is 0 Å². The first-order valence-corrected chi connectivity index (χ1v) is 5.69. The maximum atomic E-state index is 5.88. The van der Waals surface area contributed by atoms with E-state index in [1.165, 1.54) is 45.1 Å². The SMILES string of the molecule is CC1(NCC2CCC(N)C2)CCC1. The molecule has 0 aliphatic heterocycles. The van der Waals surface area contributed by atoms with Crippen molar-refractivity contribution in [2.45, 2.75) is 57.0 Å². The lowest BCUT2D eigenvalue weighted by molar-refractivity contribution is 0.198. The molecule has 76 valence electrons. The molecule has 2 aliphatic carbocycles. The molecule has 2 atom stereocenters. The van der Waals surface area contributed by atoms with Gasteiger partial charge >= 0.3 is 0 Å². The molecule has 0 saturated heterocycles. The van der Waals surface area contributed by atoms with Crippen LogP contribution < -0.4 is 11.1 Å². The largest absolute Gasteiger partial charge is 0.328 e. The van der Waals surface area contributed by atoms with Gasteiger partial charge in [-0.25, -0.2) is 0 Å². The number of hydrogen-bond acceptors (Lipinski definition) is 2. The molecule has 2 unspecified atom stereocenters. The molecule has 2 aliphatic rings. The van der Waals surface area contributed by atoms with Crippen LogP contribution in [0.15, 0.2) is 0 Å². The predicted octanol–water partition coefficient (Wildman–Crippen LogP) is 1.65. The van der Waals surface area contributed by atoms with Crippen molar-refractivity contribution in [3.63, 3.8) is 0 Å². The van der Waals surface area contributed by atoms with E-state index in [4.69, 9.17) is 5.73 Å². The van der Waals surface area contributed by atoms with Crippen molar-refractivity contribution in [2.24, 2.45) is 11.7 Å². The zero-order valence-corrected chi connectivity index (χ0v) is 8.68. The van der Waals surface area contributed by atoms with Crippen LogP contribution in [-0.4, -0.2) is 18.1 Å². The van der Waals surface area contributed by atoms with Crippen LogP contribution in [-0.2, 0) is 0 Å². The zero-order chi connectivity index (χ0) is 9.31. The minimum absolute atomic E-state index is 0.479. The monoisotopic (exact) mass is 182 g/mol. The van der Waals surface area contributed by atoms with E-state index in [9.17, 15) is 0 Å². The van der Waals surface area contributed by atoms with Crippen LogP contribution in [0.3, 0.4) is 0 Å². The molecular weight excluding hydrogens is 160 g/mol. The van der Waals surface area contributed by atoms with E-state index in [2.05, 4.69) is 12.2 Å². The summed E-state index contributed by atoms with van der Waals surface area (Å²) in [6, 6.07) is 0.487. The van der Waals surface area contributed by atoms with Gasteiger partial charge in [-0.05, 0) is 57.9 Å². The van der Waals surface area contributed by atoms with E-state index in [0.29, 0.717) is 11.6 Å². The topological polar surface area (TPSA) is 38.0 Å². The van der Waals surface area contributed by atoms with Gasteiger partial charge in [-0.2, -0.15) is 0 Å². The molecule has 0 aromatic rings. The van der Waals surface area contributed by atoms with Gasteiger partial charge in [0.05, 0.1) is 0 Å². The quantitative estimate of drug-likeness (QED) is 0.696. The Morgan fingerprint density at radius 1 is 1.38 bits per heavy atom. The Bertz CT molecular complexity index is 175. The van der Waals surface area contributed by atoms with Crippen LogP contribution in [0, 0.1) is 5.92 Å². The second-order valence-corrected chi connectivity index (χ2v) is 5.23. The lowest BCUT2D eigenvalue weighted by atomic mass is 9.78. The van der Waals surface area contributed by atoms with Crippen LogP contribution in [0.1, 0.15) is 45.4 Å².